The maximum absolute atomic E-state index is 14.8. The second-order valence-corrected chi connectivity index (χ2v) is 9.81. The molecule has 8 nitrogen and oxygen atoms in total. The minimum atomic E-state index is -0.435. The number of aliphatic hydroxyl groups excluding tert-OH is 2. The highest BCUT2D eigenvalue weighted by Gasteiger charge is 2.20. The van der Waals surface area contributed by atoms with Crippen LogP contribution in [0.2, 0.25) is 0 Å². The van der Waals surface area contributed by atoms with Gasteiger partial charge in [-0.25, -0.2) is 19.0 Å². The summed E-state index contributed by atoms with van der Waals surface area (Å²) in [6.07, 6.45) is 5.56. The maximum atomic E-state index is 14.8. The van der Waals surface area contributed by atoms with Gasteiger partial charge in [-0.05, 0) is 56.3 Å². The fourth-order valence-electron chi connectivity index (χ4n) is 4.17. The van der Waals surface area contributed by atoms with Crippen LogP contribution in [0.1, 0.15) is 18.5 Å². The molecule has 1 fully saturated rings. The summed E-state index contributed by atoms with van der Waals surface area (Å²) in [6.45, 7) is 2.78. The zero-order valence-corrected chi connectivity index (χ0v) is 20.0. The number of β-amino-alcohol motifs (C(OH)–C–C–N with tert-alkyl or cyclic N) is 1. The molecular weight excluding hydrogens is 467 g/mol. The van der Waals surface area contributed by atoms with Crippen LogP contribution in [0, 0.1) is 5.82 Å². The SMILES string of the molecule is OCCN1CCC(Sc2ccc3cnc(Nc4ccc(-n5ccc(CO)n5)cc4F)cc3n2)CC1. The lowest BCUT2D eigenvalue weighted by Gasteiger charge is -2.30. The van der Waals surface area contributed by atoms with Gasteiger partial charge in [0.15, 0.2) is 0 Å². The lowest BCUT2D eigenvalue weighted by atomic mass is 10.1. The van der Waals surface area contributed by atoms with Crippen molar-refractivity contribution in [2.24, 2.45) is 0 Å². The molecule has 0 amide bonds. The first kappa shape index (κ1) is 23.7. The fraction of sp³-hybridized carbons (Fsp3) is 0.320. The van der Waals surface area contributed by atoms with Crippen molar-refractivity contribution in [3.63, 3.8) is 0 Å². The Morgan fingerprint density at radius 1 is 1.09 bits per heavy atom. The molecule has 0 radical (unpaired) electrons. The Balaban J connectivity index is 1.28. The lowest BCUT2D eigenvalue weighted by molar-refractivity contribution is 0.175. The quantitative estimate of drug-likeness (QED) is 0.341. The topological polar surface area (TPSA) is 99.3 Å². The van der Waals surface area contributed by atoms with Crippen molar-refractivity contribution in [3.8, 4) is 5.69 Å². The predicted octanol–water partition coefficient (Wildman–Crippen LogP) is 3.74. The largest absolute Gasteiger partial charge is 0.395 e. The Labute approximate surface area is 206 Å². The van der Waals surface area contributed by atoms with Crippen LogP contribution in [-0.2, 0) is 6.61 Å². The van der Waals surface area contributed by atoms with Crippen LogP contribution in [0.25, 0.3) is 16.6 Å². The van der Waals surface area contributed by atoms with Gasteiger partial charge in [0, 0.05) is 41.7 Å². The third-order valence-electron chi connectivity index (χ3n) is 6.07. The first-order chi connectivity index (χ1) is 17.1. The van der Waals surface area contributed by atoms with Gasteiger partial charge in [-0.1, -0.05) is 0 Å². The van der Waals surface area contributed by atoms with Crippen LogP contribution in [0.5, 0.6) is 0 Å². The third-order valence-corrected chi connectivity index (χ3v) is 7.35. The van der Waals surface area contributed by atoms with E-state index in [1.165, 1.54) is 10.7 Å². The number of halogens is 1. The Hall–Kier alpha value is -3.05. The number of aliphatic hydroxyl groups is 2. The Morgan fingerprint density at radius 3 is 2.69 bits per heavy atom. The number of thioether (sulfide) groups is 1. The van der Waals surface area contributed by atoms with Gasteiger partial charge in [-0.15, -0.1) is 11.8 Å². The molecule has 182 valence electrons. The Bertz CT molecular complexity index is 1310. The number of likely N-dealkylation sites (tertiary alicyclic amines) is 1. The minimum absolute atomic E-state index is 0.166. The normalized spacial score (nSPS) is 15.1. The molecule has 0 bridgehead atoms. The molecule has 1 aromatic carbocycles. The molecule has 4 heterocycles. The van der Waals surface area contributed by atoms with E-state index in [1.807, 2.05) is 18.2 Å². The fourth-order valence-corrected chi connectivity index (χ4v) is 5.26. The summed E-state index contributed by atoms with van der Waals surface area (Å²) in [5.74, 6) is 0.0769. The summed E-state index contributed by atoms with van der Waals surface area (Å²) < 4.78 is 16.3. The van der Waals surface area contributed by atoms with E-state index in [9.17, 15) is 9.50 Å². The first-order valence-corrected chi connectivity index (χ1v) is 12.5. The minimum Gasteiger partial charge on any atom is -0.395 e. The Morgan fingerprint density at radius 2 is 1.94 bits per heavy atom. The number of aromatic nitrogens is 4. The number of rotatable bonds is 8. The molecule has 5 rings (SSSR count). The van der Waals surface area contributed by atoms with Crippen LogP contribution in [-0.4, -0.2) is 66.4 Å². The number of piperidine rings is 1. The summed E-state index contributed by atoms with van der Waals surface area (Å²) in [6, 6.07) is 12.3. The van der Waals surface area contributed by atoms with Gasteiger partial charge in [-0.2, -0.15) is 5.10 Å². The molecule has 1 aliphatic rings. The van der Waals surface area contributed by atoms with Crippen LogP contribution < -0.4 is 5.32 Å². The second kappa shape index (κ2) is 10.7. The highest BCUT2D eigenvalue weighted by molar-refractivity contribution is 7.99. The van der Waals surface area contributed by atoms with Gasteiger partial charge in [0.2, 0.25) is 0 Å². The van der Waals surface area contributed by atoms with E-state index in [4.69, 9.17) is 10.1 Å². The lowest BCUT2D eigenvalue weighted by Crippen LogP contribution is -2.36. The average molecular weight is 495 g/mol. The highest BCUT2D eigenvalue weighted by atomic mass is 32.2. The number of hydrogen-bond donors (Lipinski definition) is 3. The number of nitrogens with one attached hydrogen (secondary N) is 1. The van der Waals surface area contributed by atoms with E-state index < -0.39 is 5.82 Å². The van der Waals surface area contributed by atoms with Crippen LogP contribution >= 0.6 is 11.8 Å². The molecular formula is C25H27FN6O2S. The van der Waals surface area contributed by atoms with E-state index in [1.54, 1.807) is 42.4 Å². The van der Waals surface area contributed by atoms with Crippen molar-refractivity contribution in [1.29, 1.82) is 0 Å². The molecule has 0 aliphatic carbocycles. The van der Waals surface area contributed by atoms with Gasteiger partial charge in [-0.3, -0.25) is 0 Å². The van der Waals surface area contributed by atoms with Crippen molar-refractivity contribution in [1.82, 2.24) is 24.6 Å². The maximum Gasteiger partial charge on any atom is 0.148 e. The molecule has 3 aromatic heterocycles. The molecule has 35 heavy (non-hydrogen) atoms. The van der Waals surface area contributed by atoms with Crippen molar-refractivity contribution in [2.45, 2.75) is 29.7 Å². The first-order valence-electron chi connectivity index (χ1n) is 11.6. The third kappa shape index (κ3) is 5.62. The van der Waals surface area contributed by atoms with E-state index in [0.717, 1.165) is 48.4 Å². The Kier molecular flexibility index (Phi) is 7.24. The number of anilines is 2. The van der Waals surface area contributed by atoms with E-state index in [0.29, 0.717) is 28.1 Å². The molecule has 1 saturated heterocycles. The second-order valence-electron chi connectivity index (χ2n) is 8.49. The molecule has 0 atom stereocenters. The molecule has 0 saturated carbocycles. The number of benzene rings is 1. The monoisotopic (exact) mass is 494 g/mol. The van der Waals surface area contributed by atoms with Crippen molar-refractivity contribution in [3.05, 3.63) is 66.4 Å². The van der Waals surface area contributed by atoms with E-state index >= 15 is 0 Å². The van der Waals surface area contributed by atoms with E-state index in [-0.39, 0.29) is 13.2 Å². The summed E-state index contributed by atoms with van der Waals surface area (Å²) in [5.41, 5.74) is 2.18. The predicted molar refractivity (Wildman–Crippen MR) is 135 cm³/mol. The molecule has 0 unspecified atom stereocenters. The standard InChI is InChI=1S/C25H27FN6O2S/c26-21-13-19(32-10-5-18(16-34)30-32)2-3-22(21)28-24-14-23-17(15-27-24)1-4-25(29-23)35-20-6-8-31(9-7-20)11-12-33/h1-5,10,13-15,20,33-34H,6-9,11-12,16H2,(H,27,28). The molecule has 0 spiro atoms. The van der Waals surface area contributed by atoms with Crippen molar-refractivity contribution in [2.75, 3.05) is 31.6 Å². The van der Waals surface area contributed by atoms with Gasteiger partial charge in [0.1, 0.15) is 11.6 Å². The van der Waals surface area contributed by atoms with Crippen LogP contribution in [0.4, 0.5) is 15.9 Å². The van der Waals surface area contributed by atoms with Gasteiger partial charge in [0.25, 0.3) is 0 Å². The summed E-state index contributed by atoms with van der Waals surface area (Å²) in [4.78, 5) is 11.5. The zero-order chi connectivity index (χ0) is 24.2. The number of nitrogens with zero attached hydrogens (tertiary/aromatic N) is 5. The van der Waals surface area contributed by atoms with Crippen molar-refractivity contribution < 1.29 is 14.6 Å². The van der Waals surface area contributed by atoms with Crippen LogP contribution in [0.15, 0.2) is 59.9 Å². The van der Waals surface area contributed by atoms with Gasteiger partial charge < -0.3 is 20.4 Å². The summed E-state index contributed by atoms with van der Waals surface area (Å²) >= 11 is 1.79. The number of hydrogen-bond acceptors (Lipinski definition) is 8. The number of fused-ring (bicyclic) bond motifs is 1. The molecule has 10 heteroatoms. The molecule has 1 aliphatic heterocycles. The zero-order valence-electron chi connectivity index (χ0n) is 19.1. The van der Waals surface area contributed by atoms with Crippen molar-refractivity contribution >= 4 is 34.2 Å². The van der Waals surface area contributed by atoms with E-state index in [2.05, 4.69) is 20.3 Å². The molecule has 3 N–H and O–H groups in total. The highest BCUT2D eigenvalue weighted by Crippen LogP contribution is 2.31. The van der Waals surface area contributed by atoms with Crippen LogP contribution in [0.3, 0.4) is 0 Å². The van der Waals surface area contributed by atoms with Gasteiger partial charge >= 0.3 is 0 Å². The molecule has 4 aromatic rings. The number of pyridine rings is 2. The summed E-state index contributed by atoms with van der Waals surface area (Å²) in [7, 11) is 0. The summed E-state index contributed by atoms with van der Waals surface area (Å²) in [5, 5.41) is 27.9. The smallest absolute Gasteiger partial charge is 0.148 e. The average Bonchev–Trinajstić information content (AvgIpc) is 3.36. The van der Waals surface area contributed by atoms with Gasteiger partial charge in [0.05, 0.1) is 40.8 Å².